The summed E-state index contributed by atoms with van der Waals surface area (Å²) in [5.41, 5.74) is 0. The molecule has 1 radical (unpaired) electrons. The molecule has 4 heteroatoms. The van der Waals surface area contributed by atoms with Gasteiger partial charge in [-0.2, -0.15) is 0 Å². The van der Waals surface area contributed by atoms with Gasteiger partial charge in [-0.15, -0.1) is 21.5 Å². The van der Waals surface area contributed by atoms with Gasteiger partial charge in [-0.3, -0.25) is 4.79 Å². The monoisotopic (exact) mass is 155 g/mol. The van der Waals surface area contributed by atoms with E-state index in [1.54, 1.807) is 6.29 Å². The van der Waals surface area contributed by atoms with Gasteiger partial charge >= 0.3 is 0 Å². The van der Waals surface area contributed by atoms with E-state index in [0.29, 0.717) is 0 Å². The highest BCUT2D eigenvalue weighted by molar-refractivity contribution is 7.11. The Morgan fingerprint density at radius 2 is 2.20 bits per heavy atom. The Bertz CT molecular complexity index is 221. The van der Waals surface area contributed by atoms with Crippen molar-refractivity contribution in [2.45, 2.75) is 19.8 Å². The quantitative estimate of drug-likeness (QED) is 0.647. The van der Waals surface area contributed by atoms with E-state index in [4.69, 9.17) is 0 Å². The van der Waals surface area contributed by atoms with E-state index in [1.807, 2.05) is 6.92 Å². The summed E-state index contributed by atoms with van der Waals surface area (Å²) in [6, 6.07) is 0. The van der Waals surface area contributed by atoms with Crippen LogP contribution in [0.1, 0.15) is 16.9 Å². The molecule has 1 aromatic rings. The van der Waals surface area contributed by atoms with Gasteiger partial charge in [-0.25, -0.2) is 0 Å². The molecule has 0 bridgehead atoms. The highest BCUT2D eigenvalue weighted by atomic mass is 32.1. The van der Waals surface area contributed by atoms with Gasteiger partial charge in [0.2, 0.25) is 6.29 Å². The van der Waals surface area contributed by atoms with Gasteiger partial charge in [-0.05, 0) is 6.42 Å². The molecule has 0 saturated carbocycles. The molecule has 0 unspecified atom stereocenters. The van der Waals surface area contributed by atoms with Crippen molar-refractivity contribution in [3.63, 3.8) is 0 Å². The fourth-order valence-electron chi connectivity index (χ4n) is 0.564. The maximum absolute atomic E-state index is 9.89. The molecule has 0 atom stereocenters. The zero-order valence-corrected chi connectivity index (χ0v) is 6.44. The third kappa shape index (κ3) is 1.60. The lowest BCUT2D eigenvalue weighted by molar-refractivity contribution is 0.555. The van der Waals surface area contributed by atoms with E-state index in [9.17, 15) is 4.79 Å². The maximum Gasteiger partial charge on any atom is 0.205 e. The third-order valence-electron chi connectivity index (χ3n) is 1.03. The number of rotatable bonds is 3. The van der Waals surface area contributed by atoms with E-state index >= 15 is 0 Å². The summed E-state index contributed by atoms with van der Waals surface area (Å²) in [5.74, 6) is 0. The minimum Gasteiger partial charge on any atom is -0.290 e. The number of hydrogen-bond donors (Lipinski definition) is 0. The summed E-state index contributed by atoms with van der Waals surface area (Å²) in [7, 11) is 0. The summed E-state index contributed by atoms with van der Waals surface area (Å²) in [6.45, 7) is 2.01. The van der Waals surface area contributed by atoms with Crippen LogP contribution in [0.4, 0.5) is 0 Å². The third-order valence-corrected chi connectivity index (χ3v) is 2.10. The molecule has 53 valence electrons. The molecule has 1 heterocycles. The number of aromatic nitrogens is 2. The lowest BCUT2D eigenvalue weighted by atomic mass is 10.5. The van der Waals surface area contributed by atoms with Crippen molar-refractivity contribution in [1.82, 2.24) is 10.2 Å². The Labute approximate surface area is 63.1 Å². The zero-order chi connectivity index (χ0) is 7.40. The molecule has 1 rings (SSSR count). The molecule has 0 aliphatic heterocycles. The molecule has 0 aliphatic rings. The second-order valence-electron chi connectivity index (χ2n) is 1.76. The highest BCUT2D eigenvalue weighted by Gasteiger charge is 2.00. The van der Waals surface area contributed by atoms with Gasteiger partial charge in [0.25, 0.3) is 0 Å². The lowest BCUT2D eigenvalue weighted by Gasteiger charge is -1.77. The SMILES string of the molecule is CCc1nnc(C[C]=O)s1. The fourth-order valence-corrected chi connectivity index (χ4v) is 1.28. The summed E-state index contributed by atoms with van der Waals surface area (Å²) in [4.78, 5) is 9.89. The average Bonchev–Trinajstić information content (AvgIpc) is 2.37. The molecule has 0 amide bonds. The van der Waals surface area contributed by atoms with E-state index in [-0.39, 0.29) is 6.42 Å². The molecule has 0 fully saturated rings. The Morgan fingerprint density at radius 1 is 1.50 bits per heavy atom. The van der Waals surface area contributed by atoms with E-state index in [1.165, 1.54) is 11.3 Å². The Kier molecular flexibility index (Phi) is 2.50. The van der Waals surface area contributed by atoms with Crippen LogP contribution in [0.15, 0.2) is 0 Å². The number of carbonyl (C=O) groups excluding carboxylic acids is 1. The number of hydrogen-bond acceptors (Lipinski definition) is 4. The number of nitrogens with zero attached hydrogens (tertiary/aromatic N) is 2. The van der Waals surface area contributed by atoms with Gasteiger partial charge < -0.3 is 0 Å². The van der Waals surface area contributed by atoms with Crippen LogP contribution in [0.3, 0.4) is 0 Å². The fraction of sp³-hybridized carbons (Fsp3) is 0.500. The Morgan fingerprint density at radius 3 is 2.70 bits per heavy atom. The van der Waals surface area contributed by atoms with E-state index < -0.39 is 0 Å². The van der Waals surface area contributed by atoms with Gasteiger partial charge in [0.05, 0.1) is 6.42 Å². The molecule has 10 heavy (non-hydrogen) atoms. The predicted octanol–water partition coefficient (Wildman–Crippen LogP) is 0.753. The van der Waals surface area contributed by atoms with E-state index in [0.717, 1.165) is 16.4 Å². The van der Waals surface area contributed by atoms with Crippen LogP contribution in [0.2, 0.25) is 0 Å². The first kappa shape index (κ1) is 7.34. The minimum atomic E-state index is 0.275. The van der Waals surface area contributed by atoms with Gasteiger partial charge in [0.15, 0.2) is 0 Å². The normalized spacial score (nSPS) is 9.70. The van der Waals surface area contributed by atoms with Crippen LogP contribution < -0.4 is 0 Å². The molecular formula is C6H7N2OS. The molecular weight excluding hydrogens is 148 g/mol. The van der Waals surface area contributed by atoms with Crippen LogP contribution in [0.25, 0.3) is 0 Å². The van der Waals surface area contributed by atoms with Crippen molar-refractivity contribution in [3.8, 4) is 0 Å². The van der Waals surface area contributed by atoms with Crippen LogP contribution in [0.5, 0.6) is 0 Å². The second kappa shape index (κ2) is 3.41. The Balaban J connectivity index is 2.67. The topological polar surface area (TPSA) is 42.9 Å². The van der Waals surface area contributed by atoms with Crippen molar-refractivity contribution in [2.24, 2.45) is 0 Å². The highest BCUT2D eigenvalue weighted by Crippen LogP contribution is 2.09. The summed E-state index contributed by atoms with van der Waals surface area (Å²) >= 11 is 1.47. The van der Waals surface area contributed by atoms with Crippen LogP contribution in [-0.4, -0.2) is 16.5 Å². The van der Waals surface area contributed by atoms with Crippen molar-refractivity contribution in [3.05, 3.63) is 10.0 Å². The first-order chi connectivity index (χ1) is 4.86. The zero-order valence-electron chi connectivity index (χ0n) is 5.63. The molecule has 0 saturated heterocycles. The smallest absolute Gasteiger partial charge is 0.205 e. The van der Waals surface area contributed by atoms with Crippen LogP contribution in [0, 0.1) is 0 Å². The molecule has 3 nitrogen and oxygen atoms in total. The van der Waals surface area contributed by atoms with Crippen molar-refractivity contribution < 1.29 is 4.79 Å². The molecule has 1 aromatic heterocycles. The molecule has 0 aromatic carbocycles. The van der Waals surface area contributed by atoms with Gasteiger partial charge in [0, 0.05) is 0 Å². The van der Waals surface area contributed by atoms with Gasteiger partial charge in [-0.1, -0.05) is 6.92 Å². The predicted molar refractivity (Wildman–Crippen MR) is 38.7 cm³/mol. The van der Waals surface area contributed by atoms with E-state index in [2.05, 4.69) is 10.2 Å². The molecule has 0 spiro atoms. The summed E-state index contributed by atoms with van der Waals surface area (Å²) < 4.78 is 0. The molecule has 0 N–H and O–H groups in total. The average molecular weight is 155 g/mol. The second-order valence-corrected chi connectivity index (χ2v) is 2.91. The summed E-state index contributed by atoms with van der Waals surface area (Å²) in [6.07, 6.45) is 2.94. The standard InChI is InChI=1S/C6H7N2OS/c1-2-5-7-8-6(10-5)3-4-9/h2-3H2,1H3. The molecule has 0 aliphatic carbocycles. The number of aryl methyl sites for hydroxylation is 1. The largest absolute Gasteiger partial charge is 0.290 e. The van der Waals surface area contributed by atoms with Crippen molar-refractivity contribution in [1.29, 1.82) is 0 Å². The van der Waals surface area contributed by atoms with Crippen molar-refractivity contribution >= 4 is 17.6 Å². The first-order valence-electron chi connectivity index (χ1n) is 3.03. The Hall–Kier alpha value is -0.770. The minimum absolute atomic E-state index is 0.275. The summed E-state index contributed by atoms with van der Waals surface area (Å²) in [5, 5.41) is 9.36. The maximum atomic E-state index is 9.89. The van der Waals surface area contributed by atoms with Crippen LogP contribution >= 0.6 is 11.3 Å². The van der Waals surface area contributed by atoms with Crippen molar-refractivity contribution in [2.75, 3.05) is 0 Å². The van der Waals surface area contributed by atoms with Crippen LogP contribution in [-0.2, 0) is 17.6 Å². The van der Waals surface area contributed by atoms with Gasteiger partial charge in [0.1, 0.15) is 10.0 Å². The lowest BCUT2D eigenvalue weighted by Crippen LogP contribution is -1.82. The first-order valence-corrected chi connectivity index (χ1v) is 3.84.